The van der Waals surface area contributed by atoms with Gasteiger partial charge in [-0.25, -0.2) is 0 Å². The highest BCUT2D eigenvalue weighted by atomic mass is 16.5. The normalized spacial score (nSPS) is 17.0. The second-order valence-corrected chi connectivity index (χ2v) is 5.22. The van der Waals surface area contributed by atoms with E-state index < -0.39 is 5.50 Å². The monoisotopic (exact) mass is 182 g/mol. The van der Waals surface area contributed by atoms with Gasteiger partial charge in [0.25, 0.3) is 0 Å². The van der Waals surface area contributed by atoms with Crippen LogP contribution in [0.15, 0.2) is 0 Å². The molecule has 0 aliphatic heterocycles. The van der Waals surface area contributed by atoms with Gasteiger partial charge in [0.05, 0.1) is 0 Å². The topological polar surface area (TPSA) is 9.23 Å². The van der Waals surface area contributed by atoms with Crippen molar-refractivity contribution in [3.05, 3.63) is 0 Å². The molecule has 2 radical (unpaired) electrons. The fraction of sp³-hybridized carbons (Fsp3) is 1.00. The van der Waals surface area contributed by atoms with Gasteiger partial charge in [-0.15, -0.1) is 0 Å². The molecule has 0 aromatic heterocycles. The first kappa shape index (κ1) is 13.0. The van der Waals surface area contributed by atoms with E-state index in [0.29, 0.717) is 5.41 Å². The number of ether oxygens (including phenoxy) is 1. The first-order chi connectivity index (χ1) is 5.77. The Kier molecular flexibility index (Phi) is 5.05. The molecular formula is C11H23BO. The molecule has 1 unspecified atom stereocenters. The Balaban J connectivity index is 3.63. The van der Waals surface area contributed by atoms with Crippen LogP contribution in [0.1, 0.15) is 53.9 Å². The fourth-order valence-electron chi connectivity index (χ4n) is 1.16. The predicted octanol–water partition coefficient (Wildman–Crippen LogP) is 3.12. The van der Waals surface area contributed by atoms with Crippen molar-refractivity contribution in [1.82, 2.24) is 0 Å². The van der Waals surface area contributed by atoms with Crippen LogP contribution in [0.3, 0.4) is 0 Å². The van der Waals surface area contributed by atoms with Gasteiger partial charge in [-0.2, -0.15) is 0 Å². The van der Waals surface area contributed by atoms with Crippen LogP contribution in [0.5, 0.6) is 0 Å². The van der Waals surface area contributed by atoms with Gasteiger partial charge in [0.2, 0.25) is 0 Å². The Bertz CT molecular complexity index is 136. The maximum atomic E-state index is 5.93. The van der Waals surface area contributed by atoms with Crippen LogP contribution in [-0.4, -0.2) is 20.0 Å². The molecule has 0 bridgehead atoms. The van der Waals surface area contributed by atoms with Crippen molar-refractivity contribution in [2.75, 3.05) is 6.61 Å². The minimum atomic E-state index is -0.431. The molecule has 1 nitrogen and oxygen atoms in total. The average molecular weight is 182 g/mol. The van der Waals surface area contributed by atoms with Crippen molar-refractivity contribution >= 4 is 7.85 Å². The molecule has 0 amide bonds. The highest BCUT2D eigenvalue weighted by molar-refractivity contribution is 6.14. The molecule has 0 aliphatic rings. The number of hydrogen-bond acceptors (Lipinski definition) is 1. The summed E-state index contributed by atoms with van der Waals surface area (Å²) < 4.78 is 5.62. The number of hydrogen-bond donors (Lipinski definition) is 0. The molecule has 0 saturated heterocycles. The third-order valence-electron chi connectivity index (χ3n) is 2.03. The van der Waals surface area contributed by atoms with E-state index in [4.69, 9.17) is 12.6 Å². The zero-order valence-electron chi connectivity index (χ0n) is 9.81. The summed E-state index contributed by atoms with van der Waals surface area (Å²) in [7, 11) is 5.93. The first-order valence-electron chi connectivity index (χ1n) is 5.20. The molecule has 2 heteroatoms. The van der Waals surface area contributed by atoms with E-state index in [1.165, 1.54) is 0 Å². The Morgan fingerprint density at radius 1 is 1.08 bits per heavy atom. The zero-order valence-corrected chi connectivity index (χ0v) is 9.81. The predicted molar refractivity (Wildman–Crippen MR) is 59.1 cm³/mol. The summed E-state index contributed by atoms with van der Waals surface area (Å²) in [5.41, 5.74) is -0.0949. The summed E-state index contributed by atoms with van der Waals surface area (Å²) in [5, 5.41) is 0. The van der Waals surface area contributed by atoms with E-state index in [1.807, 2.05) is 6.92 Å². The Morgan fingerprint density at radius 3 is 2.00 bits per heavy atom. The Morgan fingerprint density at radius 2 is 1.62 bits per heavy atom. The van der Waals surface area contributed by atoms with Gasteiger partial charge in [-0.3, -0.25) is 0 Å². The fourth-order valence-corrected chi connectivity index (χ4v) is 1.16. The van der Waals surface area contributed by atoms with Gasteiger partial charge >= 0.3 is 0 Å². The molecule has 0 rings (SSSR count). The zero-order chi connectivity index (χ0) is 10.5. The Hall–Kier alpha value is 0.0249. The minimum Gasteiger partial charge on any atom is -0.385 e. The van der Waals surface area contributed by atoms with Crippen LogP contribution in [0.25, 0.3) is 0 Å². The van der Waals surface area contributed by atoms with Gasteiger partial charge in [0, 0.05) is 12.1 Å². The SMILES string of the molecule is [B]C(C)(CCC)OCCC(C)(C)C. The van der Waals surface area contributed by atoms with E-state index in [1.54, 1.807) is 0 Å². The third kappa shape index (κ3) is 8.36. The van der Waals surface area contributed by atoms with Gasteiger partial charge in [-0.1, -0.05) is 34.1 Å². The lowest BCUT2D eigenvalue weighted by Gasteiger charge is -2.27. The molecule has 0 saturated carbocycles. The second-order valence-electron chi connectivity index (χ2n) is 5.22. The summed E-state index contributed by atoms with van der Waals surface area (Å²) in [6.07, 6.45) is 3.06. The average Bonchev–Trinajstić information content (AvgIpc) is 1.82. The highest BCUT2D eigenvalue weighted by Crippen LogP contribution is 2.20. The molecule has 0 heterocycles. The van der Waals surface area contributed by atoms with E-state index in [0.717, 1.165) is 25.9 Å². The molecular weight excluding hydrogens is 159 g/mol. The van der Waals surface area contributed by atoms with Crippen molar-refractivity contribution in [2.45, 2.75) is 59.4 Å². The van der Waals surface area contributed by atoms with Crippen LogP contribution in [0.2, 0.25) is 0 Å². The van der Waals surface area contributed by atoms with Crippen LogP contribution in [-0.2, 0) is 4.74 Å². The smallest absolute Gasteiger partial charge is 0.113 e. The lowest BCUT2D eigenvalue weighted by atomic mass is 9.79. The summed E-state index contributed by atoms with van der Waals surface area (Å²) in [4.78, 5) is 0. The molecule has 0 aromatic rings. The van der Waals surface area contributed by atoms with Gasteiger partial charge in [0.15, 0.2) is 0 Å². The Labute approximate surface area is 84.7 Å². The minimum absolute atomic E-state index is 0.336. The van der Waals surface area contributed by atoms with E-state index in [-0.39, 0.29) is 0 Å². The van der Waals surface area contributed by atoms with Crippen LogP contribution in [0, 0.1) is 5.41 Å². The highest BCUT2D eigenvalue weighted by Gasteiger charge is 2.18. The molecule has 0 spiro atoms. The second kappa shape index (κ2) is 5.04. The lowest BCUT2D eigenvalue weighted by molar-refractivity contribution is 0.0125. The van der Waals surface area contributed by atoms with Crippen molar-refractivity contribution < 1.29 is 4.74 Å². The van der Waals surface area contributed by atoms with Crippen molar-refractivity contribution in [3.8, 4) is 0 Å². The van der Waals surface area contributed by atoms with Gasteiger partial charge in [0.1, 0.15) is 7.85 Å². The molecule has 0 fully saturated rings. The lowest BCUT2D eigenvalue weighted by Crippen LogP contribution is -2.30. The van der Waals surface area contributed by atoms with Crippen molar-refractivity contribution in [1.29, 1.82) is 0 Å². The van der Waals surface area contributed by atoms with Crippen molar-refractivity contribution in [3.63, 3.8) is 0 Å². The van der Waals surface area contributed by atoms with Gasteiger partial charge < -0.3 is 4.74 Å². The summed E-state index contributed by atoms with van der Waals surface area (Å²) in [6.45, 7) is 11.5. The first-order valence-corrected chi connectivity index (χ1v) is 5.20. The quantitative estimate of drug-likeness (QED) is 0.593. The van der Waals surface area contributed by atoms with Crippen molar-refractivity contribution in [2.24, 2.45) is 5.41 Å². The maximum Gasteiger partial charge on any atom is 0.113 e. The van der Waals surface area contributed by atoms with Crippen LogP contribution < -0.4 is 0 Å². The molecule has 1 atom stereocenters. The molecule has 0 aliphatic carbocycles. The molecule has 13 heavy (non-hydrogen) atoms. The van der Waals surface area contributed by atoms with E-state index >= 15 is 0 Å². The molecule has 0 N–H and O–H groups in total. The summed E-state index contributed by atoms with van der Waals surface area (Å²) in [6, 6.07) is 0. The molecule has 76 valence electrons. The third-order valence-corrected chi connectivity index (χ3v) is 2.03. The summed E-state index contributed by atoms with van der Waals surface area (Å²) in [5.74, 6) is 0. The van der Waals surface area contributed by atoms with Crippen LogP contribution in [0.4, 0.5) is 0 Å². The van der Waals surface area contributed by atoms with Gasteiger partial charge in [-0.05, 0) is 25.2 Å². The largest absolute Gasteiger partial charge is 0.385 e. The standard InChI is InChI=1S/C11H23BO/c1-6-7-11(5,12)13-9-8-10(2,3)4/h6-9H2,1-5H3. The van der Waals surface area contributed by atoms with Crippen LogP contribution >= 0.6 is 0 Å². The van der Waals surface area contributed by atoms with E-state index in [2.05, 4.69) is 27.7 Å². The number of rotatable bonds is 5. The van der Waals surface area contributed by atoms with E-state index in [9.17, 15) is 0 Å². The molecule has 0 aromatic carbocycles. The summed E-state index contributed by atoms with van der Waals surface area (Å²) >= 11 is 0. The maximum absolute atomic E-state index is 5.93.